The fraction of sp³-hybridized carbons (Fsp3) is 0.880. The largest absolute Gasteiger partial charge is 0.468 e. The Hall–Kier alpha value is -0.910. The summed E-state index contributed by atoms with van der Waals surface area (Å²) in [5, 5.41) is 21.6. The van der Waals surface area contributed by atoms with Gasteiger partial charge < -0.3 is 14.9 Å². The van der Waals surface area contributed by atoms with Crippen molar-refractivity contribution in [1.29, 1.82) is 0 Å². The maximum Gasteiger partial charge on any atom is 0.323 e. The van der Waals surface area contributed by atoms with Crippen LogP contribution in [0.3, 0.4) is 0 Å². The fourth-order valence-corrected chi connectivity index (χ4v) is 7.21. The number of ether oxygens (including phenoxy) is 1. The normalized spacial score (nSPS) is 42.8. The molecule has 7 atom stereocenters. The van der Waals surface area contributed by atoms with E-state index in [0.29, 0.717) is 17.9 Å². The molecule has 0 amide bonds. The van der Waals surface area contributed by atoms with Crippen LogP contribution in [0, 0.1) is 23.7 Å². The van der Waals surface area contributed by atoms with Crippen LogP contribution in [-0.2, 0) is 9.53 Å². The van der Waals surface area contributed by atoms with E-state index in [1.54, 1.807) is 0 Å². The molecule has 0 bridgehead atoms. The number of hydrogen-bond donors (Lipinski definition) is 2. The van der Waals surface area contributed by atoms with Gasteiger partial charge in [0.05, 0.1) is 19.3 Å². The molecule has 1 unspecified atom stereocenters. The van der Waals surface area contributed by atoms with Crippen molar-refractivity contribution >= 4 is 5.97 Å². The number of methoxy groups -OCH3 is 1. The molecule has 5 nitrogen and oxygen atoms in total. The summed E-state index contributed by atoms with van der Waals surface area (Å²) in [5.74, 6) is 1.55. The molecule has 2 heterocycles. The number of aliphatic hydroxyl groups excluding tert-OH is 2. The first-order valence-electron chi connectivity index (χ1n) is 12.4. The molecule has 4 rings (SSSR count). The number of rotatable bonds is 6. The zero-order valence-corrected chi connectivity index (χ0v) is 18.8. The second-order valence-electron chi connectivity index (χ2n) is 10.4. The molecule has 170 valence electrons. The lowest BCUT2D eigenvalue weighted by molar-refractivity contribution is -0.150. The highest BCUT2D eigenvalue weighted by Crippen LogP contribution is 2.49. The van der Waals surface area contributed by atoms with Crippen LogP contribution >= 0.6 is 0 Å². The van der Waals surface area contributed by atoms with Gasteiger partial charge in [-0.05, 0) is 62.7 Å². The molecule has 0 aromatic rings. The van der Waals surface area contributed by atoms with Crippen LogP contribution in [0.25, 0.3) is 0 Å². The molecular weight excluding hydrogens is 378 g/mol. The van der Waals surface area contributed by atoms with Crippen LogP contribution in [0.2, 0.25) is 0 Å². The van der Waals surface area contributed by atoms with Crippen molar-refractivity contribution in [3.8, 4) is 0 Å². The lowest BCUT2D eigenvalue weighted by Gasteiger charge is -2.39. The second-order valence-corrected chi connectivity index (χ2v) is 10.4. The van der Waals surface area contributed by atoms with E-state index in [9.17, 15) is 15.0 Å². The van der Waals surface area contributed by atoms with Crippen LogP contribution in [0.5, 0.6) is 0 Å². The lowest BCUT2D eigenvalue weighted by atomic mass is 9.77. The number of hydrogen-bond acceptors (Lipinski definition) is 5. The van der Waals surface area contributed by atoms with Crippen LogP contribution in [0.15, 0.2) is 12.2 Å². The Morgan fingerprint density at radius 3 is 2.63 bits per heavy atom. The van der Waals surface area contributed by atoms with E-state index < -0.39 is 6.10 Å². The molecule has 2 saturated heterocycles. The van der Waals surface area contributed by atoms with E-state index in [-0.39, 0.29) is 30.1 Å². The lowest BCUT2D eigenvalue weighted by Crippen LogP contribution is -2.51. The Balaban J connectivity index is 1.38. The third-order valence-corrected chi connectivity index (χ3v) is 8.71. The van der Waals surface area contributed by atoms with Crippen molar-refractivity contribution in [2.45, 2.75) is 108 Å². The molecule has 2 aliphatic heterocycles. The first kappa shape index (κ1) is 22.3. The average Bonchev–Trinajstić information content (AvgIpc) is 3.26. The first-order valence-corrected chi connectivity index (χ1v) is 12.4. The number of fused-ring (bicyclic) bond motifs is 3. The van der Waals surface area contributed by atoms with Gasteiger partial charge in [0.15, 0.2) is 0 Å². The summed E-state index contributed by atoms with van der Waals surface area (Å²) in [6.07, 6.45) is 15.5. The molecule has 2 N–H and O–H groups in total. The minimum absolute atomic E-state index is 0.0879. The number of piperidine rings is 1. The van der Waals surface area contributed by atoms with E-state index in [4.69, 9.17) is 4.74 Å². The molecule has 0 spiro atoms. The summed E-state index contributed by atoms with van der Waals surface area (Å²) in [4.78, 5) is 14.7. The smallest absolute Gasteiger partial charge is 0.323 e. The minimum Gasteiger partial charge on any atom is -0.468 e. The monoisotopic (exact) mass is 419 g/mol. The molecule has 0 aromatic carbocycles. The SMILES string of the molecule is CCCC1CCC([C@@H](O)/C=C/[C@@H]2[C@H]3C[C@@H]4CCCC(C(=O)OC)N4[C@@H]3C[C@H]2O)CC1. The van der Waals surface area contributed by atoms with Gasteiger partial charge in [-0.1, -0.05) is 44.8 Å². The highest BCUT2D eigenvalue weighted by atomic mass is 16.5. The van der Waals surface area contributed by atoms with Gasteiger partial charge in [-0.15, -0.1) is 0 Å². The van der Waals surface area contributed by atoms with Crippen molar-refractivity contribution in [1.82, 2.24) is 4.90 Å². The zero-order valence-electron chi connectivity index (χ0n) is 18.8. The van der Waals surface area contributed by atoms with Gasteiger partial charge in [0.2, 0.25) is 0 Å². The van der Waals surface area contributed by atoms with E-state index in [1.807, 2.05) is 6.08 Å². The van der Waals surface area contributed by atoms with Gasteiger partial charge in [-0.25, -0.2) is 0 Å². The summed E-state index contributed by atoms with van der Waals surface area (Å²) in [6.45, 7) is 2.26. The number of carbonyl (C=O) groups is 1. The molecule has 30 heavy (non-hydrogen) atoms. The van der Waals surface area contributed by atoms with Crippen molar-refractivity contribution in [3.05, 3.63) is 12.2 Å². The molecule has 4 aliphatic rings. The minimum atomic E-state index is -0.398. The topological polar surface area (TPSA) is 70.0 Å². The molecule has 5 heteroatoms. The summed E-state index contributed by atoms with van der Waals surface area (Å²) in [6, 6.07) is 0.535. The molecule has 4 fully saturated rings. The summed E-state index contributed by atoms with van der Waals surface area (Å²) >= 11 is 0. The van der Waals surface area contributed by atoms with E-state index in [2.05, 4.69) is 17.9 Å². The van der Waals surface area contributed by atoms with Gasteiger partial charge in [-0.2, -0.15) is 0 Å². The van der Waals surface area contributed by atoms with Gasteiger partial charge >= 0.3 is 5.97 Å². The van der Waals surface area contributed by atoms with Crippen molar-refractivity contribution < 1.29 is 19.7 Å². The second kappa shape index (κ2) is 9.70. The van der Waals surface area contributed by atoms with Gasteiger partial charge in [-0.3, -0.25) is 9.69 Å². The standard InChI is InChI=1S/C25H41NO4/c1-3-5-16-8-10-17(11-9-16)23(27)13-12-19-20-14-18-6-4-7-21(25(29)30-2)26(18)22(20)15-24(19)28/h12-13,16-24,27-28H,3-11,14-15H2,1-2H3/b13-12+/t16?,17?,18-,19+,20+,21?,22+,23-,24+/m0/s1. The molecular formula is C25H41NO4. The van der Waals surface area contributed by atoms with E-state index in [0.717, 1.165) is 50.9 Å². The summed E-state index contributed by atoms with van der Waals surface area (Å²) < 4.78 is 5.08. The third kappa shape index (κ3) is 4.35. The zero-order chi connectivity index (χ0) is 21.3. The number of aliphatic hydroxyl groups is 2. The van der Waals surface area contributed by atoms with Crippen LogP contribution in [0.1, 0.15) is 77.6 Å². The Morgan fingerprint density at radius 2 is 1.93 bits per heavy atom. The third-order valence-electron chi connectivity index (χ3n) is 8.71. The van der Waals surface area contributed by atoms with Crippen molar-refractivity contribution in [3.63, 3.8) is 0 Å². The molecule has 2 saturated carbocycles. The molecule has 2 aliphatic carbocycles. The number of nitrogens with zero attached hydrogens (tertiary/aromatic N) is 1. The highest BCUT2D eigenvalue weighted by Gasteiger charge is 2.55. The van der Waals surface area contributed by atoms with E-state index in [1.165, 1.54) is 32.8 Å². The van der Waals surface area contributed by atoms with Gasteiger partial charge in [0, 0.05) is 18.0 Å². The maximum absolute atomic E-state index is 12.3. The number of carbonyl (C=O) groups excluding carboxylic acids is 1. The molecule has 0 aromatic heterocycles. The fourth-order valence-electron chi connectivity index (χ4n) is 7.21. The van der Waals surface area contributed by atoms with Gasteiger partial charge in [0.1, 0.15) is 6.04 Å². The Bertz CT molecular complexity index is 614. The average molecular weight is 420 g/mol. The number of esters is 1. The Kier molecular flexibility index (Phi) is 7.21. The van der Waals surface area contributed by atoms with Gasteiger partial charge in [0.25, 0.3) is 0 Å². The maximum atomic E-state index is 12.3. The summed E-state index contributed by atoms with van der Waals surface area (Å²) in [5.41, 5.74) is 0. The van der Waals surface area contributed by atoms with Crippen LogP contribution in [0.4, 0.5) is 0 Å². The van der Waals surface area contributed by atoms with Crippen molar-refractivity contribution in [2.24, 2.45) is 23.7 Å². The Morgan fingerprint density at radius 1 is 1.17 bits per heavy atom. The first-order chi connectivity index (χ1) is 14.5. The summed E-state index contributed by atoms with van der Waals surface area (Å²) in [7, 11) is 1.48. The quantitative estimate of drug-likeness (QED) is 0.508. The van der Waals surface area contributed by atoms with Crippen LogP contribution in [-0.4, -0.2) is 58.5 Å². The highest BCUT2D eigenvalue weighted by molar-refractivity contribution is 5.76. The predicted molar refractivity (Wildman–Crippen MR) is 117 cm³/mol. The van der Waals surface area contributed by atoms with Crippen molar-refractivity contribution in [2.75, 3.05) is 7.11 Å². The Labute approximate surface area is 181 Å². The van der Waals surface area contributed by atoms with Crippen LogP contribution < -0.4 is 0 Å². The molecule has 0 radical (unpaired) electrons. The van der Waals surface area contributed by atoms with E-state index >= 15 is 0 Å². The predicted octanol–water partition coefficient (Wildman–Crippen LogP) is 3.68.